The molecule has 8 heteroatoms. The number of nitrogens with zero attached hydrogens (tertiary/aromatic N) is 3. The van der Waals surface area contributed by atoms with Gasteiger partial charge in [0.15, 0.2) is 5.01 Å². The Bertz CT molecular complexity index is 1130. The first-order valence-electron chi connectivity index (χ1n) is 11.4. The van der Waals surface area contributed by atoms with Crippen LogP contribution >= 0.6 is 11.3 Å². The van der Waals surface area contributed by atoms with E-state index in [9.17, 15) is 4.79 Å². The smallest absolute Gasteiger partial charge is 0.280 e. The number of carbonyl (C=O) groups excluding carboxylic acids is 1. The van der Waals surface area contributed by atoms with Crippen LogP contribution in [0.1, 0.15) is 57.1 Å². The Morgan fingerprint density at radius 1 is 1.15 bits per heavy atom. The van der Waals surface area contributed by atoms with Crippen molar-refractivity contribution in [2.75, 3.05) is 30.4 Å². The van der Waals surface area contributed by atoms with Crippen molar-refractivity contribution in [2.45, 2.75) is 39.2 Å². The minimum Gasteiger partial charge on any atom is -0.373 e. The second-order valence-corrected chi connectivity index (χ2v) is 9.32. The molecule has 0 unspecified atom stereocenters. The zero-order chi connectivity index (χ0) is 23.2. The molecule has 3 N–H and O–H groups in total. The van der Waals surface area contributed by atoms with Crippen LogP contribution in [-0.2, 0) is 6.54 Å². The number of aryl methyl sites for hydroxylation is 1. The molecule has 1 aliphatic rings. The molecule has 1 amide bonds. The van der Waals surface area contributed by atoms with Crippen LogP contribution in [0.3, 0.4) is 0 Å². The van der Waals surface area contributed by atoms with Crippen LogP contribution < -0.4 is 15.5 Å². The summed E-state index contributed by atoms with van der Waals surface area (Å²) in [6.45, 7) is 4.50. The highest BCUT2D eigenvalue weighted by molar-refractivity contribution is 7.15. The van der Waals surface area contributed by atoms with Gasteiger partial charge in [0.05, 0.1) is 10.6 Å². The van der Waals surface area contributed by atoms with Crippen LogP contribution in [0.15, 0.2) is 42.6 Å². The Morgan fingerprint density at radius 3 is 2.67 bits per heavy atom. The van der Waals surface area contributed by atoms with E-state index in [1.807, 2.05) is 50.4 Å². The minimum atomic E-state index is -0.232. The molecule has 0 atom stereocenters. The molecule has 3 aromatic rings. The van der Waals surface area contributed by atoms with Crippen LogP contribution in [-0.4, -0.2) is 41.7 Å². The molecule has 1 saturated heterocycles. The summed E-state index contributed by atoms with van der Waals surface area (Å²) in [5.41, 5.74) is 3.21. The maximum absolute atomic E-state index is 12.6. The Balaban J connectivity index is 1.46. The van der Waals surface area contributed by atoms with Crippen molar-refractivity contribution in [1.29, 1.82) is 5.41 Å². The molecule has 0 spiro atoms. The molecule has 172 valence electrons. The average molecular weight is 463 g/mol. The lowest BCUT2D eigenvalue weighted by Crippen LogP contribution is -2.25. The van der Waals surface area contributed by atoms with E-state index < -0.39 is 0 Å². The predicted octanol–water partition coefficient (Wildman–Crippen LogP) is 4.61. The van der Waals surface area contributed by atoms with Gasteiger partial charge in [-0.25, -0.2) is 9.97 Å². The summed E-state index contributed by atoms with van der Waals surface area (Å²) in [6, 6.07) is 12.0. The second-order valence-electron chi connectivity index (χ2n) is 8.29. The van der Waals surface area contributed by atoms with Gasteiger partial charge in [0, 0.05) is 38.4 Å². The topological polar surface area (TPSA) is 94.0 Å². The Labute approximate surface area is 198 Å². The number of amides is 1. The highest BCUT2D eigenvalue weighted by Gasteiger charge is 2.19. The van der Waals surface area contributed by atoms with Gasteiger partial charge in [-0.05, 0) is 37.5 Å². The van der Waals surface area contributed by atoms with E-state index >= 15 is 0 Å². The zero-order valence-electron chi connectivity index (χ0n) is 19.1. The van der Waals surface area contributed by atoms with Gasteiger partial charge in [-0.15, -0.1) is 11.3 Å². The minimum absolute atomic E-state index is 0.232. The van der Waals surface area contributed by atoms with Crippen molar-refractivity contribution in [1.82, 2.24) is 15.3 Å². The maximum atomic E-state index is 12.6. The quantitative estimate of drug-likeness (QED) is 0.446. The fourth-order valence-electron chi connectivity index (χ4n) is 4.02. The van der Waals surface area contributed by atoms with Gasteiger partial charge in [-0.1, -0.05) is 42.7 Å². The van der Waals surface area contributed by atoms with Crippen molar-refractivity contribution < 1.29 is 4.79 Å². The Kier molecular flexibility index (Phi) is 7.34. The molecule has 1 aromatic carbocycles. The third-order valence-electron chi connectivity index (χ3n) is 5.80. The standard InChI is InChI=1S/C25H30N6OS/c1-17-8-7-9-18(14-17)15-28-24(32)25-29-16-20(33-25)22(26)19-10-11-21(30-23(19)27-2)31-12-5-3-4-6-13-31/h7-11,14,16,26H,3-6,12-13,15H2,1-2H3,(H,27,30)(H,28,32). The van der Waals surface area contributed by atoms with Gasteiger partial charge in [0.2, 0.25) is 0 Å². The van der Waals surface area contributed by atoms with Gasteiger partial charge in [-0.3, -0.25) is 10.2 Å². The van der Waals surface area contributed by atoms with E-state index in [0.29, 0.717) is 33.5 Å². The molecular formula is C25H30N6OS. The molecule has 4 rings (SSSR count). The number of hydrogen-bond donors (Lipinski definition) is 3. The normalized spacial score (nSPS) is 13.9. The molecule has 0 bridgehead atoms. The number of aromatic nitrogens is 2. The zero-order valence-corrected chi connectivity index (χ0v) is 20.0. The number of hydrogen-bond acceptors (Lipinski definition) is 7. The largest absolute Gasteiger partial charge is 0.373 e. The lowest BCUT2D eigenvalue weighted by molar-refractivity contribution is 0.0950. The van der Waals surface area contributed by atoms with E-state index in [1.54, 1.807) is 6.20 Å². The average Bonchev–Trinajstić information content (AvgIpc) is 3.17. The molecule has 1 aliphatic heterocycles. The van der Waals surface area contributed by atoms with Crippen molar-refractivity contribution in [3.05, 3.63) is 69.2 Å². The van der Waals surface area contributed by atoms with Crippen LogP contribution in [0.25, 0.3) is 0 Å². The van der Waals surface area contributed by atoms with Crippen LogP contribution in [0, 0.1) is 12.3 Å². The SMILES string of the molecule is CNc1nc(N2CCCCCC2)ccc1C(=N)c1cnc(C(=O)NCc2cccc(C)c2)s1. The number of nitrogens with one attached hydrogen (secondary N) is 3. The summed E-state index contributed by atoms with van der Waals surface area (Å²) in [7, 11) is 1.82. The number of benzene rings is 1. The summed E-state index contributed by atoms with van der Waals surface area (Å²) in [5, 5.41) is 15.1. The first-order valence-corrected chi connectivity index (χ1v) is 12.2. The fraction of sp³-hybridized carbons (Fsp3) is 0.360. The number of thiazole rings is 1. The first kappa shape index (κ1) is 22.9. The lowest BCUT2D eigenvalue weighted by atomic mass is 10.1. The molecule has 0 saturated carbocycles. The number of pyridine rings is 1. The number of rotatable bonds is 7. The van der Waals surface area contributed by atoms with Crippen LogP contribution in [0.5, 0.6) is 0 Å². The second kappa shape index (κ2) is 10.6. The molecule has 7 nitrogen and oxygen atoms in total. The summed E-state index contributed by atoms with van der Waals surface area (Å²) < 4.78 is 0. The molecule has 0 aliphatic carbocycles. The van der Waals surface area contributed by atoms with Crippen molar-refractivity contribution in [2.24, 2.45) is 0 Å². The fourth-order valence-corrected chi connectivity index (χ4v) is 4.82. The number of anilines is 2. The molecular weight excluding hydrogens is 432 g/mol. The third kappa shape index (κ3) is 5.57. The Hall–Kier alpha value is -3.26. The highest BCUT2D eigenvalue weighted by Crippen LogP contribution is 2.25. The van der Waals surface area contributed by atoms with Crippen molar-refractivity contribution in [3.8, 4) is 0 Å². The maximum Gasteiger partial charge on any atom is 0.280 e. The molecule has 2 aromatic heterocycles. The van der Waals surface area contributed by atoms with Crippen LogP contribution in [0.2, 0.25) is 0 Å². The molecule has 0 radical (unpaired) electrons. The Morgan fingerprint density at radius 2 is 1.94 bits per heavy atom. The van der Waals surface area contributed by atoms with Crippen LogP contribution in [0.4, 0.5) is 11.6 Å². The summed E-state index contributed by atoms with van der Waals surface area (Å²) in [5.74, 6) is 1.38. The van der Waals surface area contributed by atoms with E-state index in [2.05, 4.69) is 20.5 Å². The monoisotopic (exact) mass is 462 g/mol. The van der Waals surface area contributed by atoms with E-state index in [4.69, 9.17) is 10.4 Å². The summed E-state index contributed by atoms with van der Waals surface area (Å²) >= 11 is 1.22. The molecule has 33 heavy (non-hydrogen) atoms. The summed E-state index contributed by atoms with van der Waals surface area (Å²) in [4.78, 5) is 24.6. The lowest BCUT2D eigenvalue weighted by Gasteiger charge is -2.22. The van der Waals surface area contributed by atoms with E-state index in [0.717, 1.165) is 30.0 Å². The van der Waals surface area contributed by atoms with Gasteiger partial charge in [0.1, 0.15) is 11.6 Å². The van der Waals surface area contributed by atoms with Crippen molar-refractivity contribution in [3.63, 3.8) is 0 Å². The first-order chi connectivity index (χ1) is 16.0. The molecule has 3 heterocycles. The van der Waals surface area contributed by atoms with Gasteiger partial charge < -0.3 is 15.5 Å². The van der Waals surface area contributed by atoms with E-state index in [1.165, 1.54) is 37.0 Å². The van der Waals surface area contributed by atoms with Gasteiger partial charge >= 0.3 is 0 Å². The number of carbonyl (C=O) groups is 1. The van der Waals surface area contributed by atoms with Crippen molar-refractivity contribution >= 4 is 34.6 Å². The van der Waals surface area contributed by atoms with Gasteiger partial charge in [0.25, 0.3) is 5.91 Å². The highest BCUT2D eigenvalue weighted by atomic mass is 32.1. The predicted molar refractivity (Wildman–Crippen MR) is 135 cm³/mol. The molecule has 1 fully saturated rings. The summed E-state index contributed by atoms with van der Waals surface area (Å²) in [6.07, 6.45) is 6.50. The van der Waals surface area contributed by atoms with Gasteiger partial charge in [-0.2, -0.15) is 0 Å². The van der Waals surface area contributed by atoms with E-state index in [-0.39, 0.29) is 5.91 Å². The third-order valence-corrected chi connectivity index (χ3v) is 6.81.